The predicted octanol–water partition coefficient (Wildman–Crippen LogP) is 2.83. The molecule has 1 heterocycles. The van der Waals surface area contributed by atoms with E-state index in [-0.39, 0.29) is 17.3 Å². The minimum absolute atomic E-state index is 0.0437. The van der Waals surface area contributed by atoms with Crippen LogP contribution in [0.1, 0.15) is 24.8 Å². The van der Waals surface area contributed by atoms with Crippen molar-refractivity contribution in [3.63, 3.8) is 0 Å². The van der Waals surface area contributed by atoms with Gasteiger partial charge in [0, 0.05) is 11.1 Å². The minimum Gasteiger partial charge on any atom is -0.272 e. The first-order chi connectivity index (χ1) is 8.08. The minimum atomic E-state index is 0.0437. The van der Waals surface area contributed by atoms with Crippen LogP contribution in [0, 0.1) is 0 Å². The fourth-order valence-electron chi connectivity index (χ4n) is 1.72. The molecule has 0 radical (unpaired) electrons. The molecule has 0 bridgehead atoms. The average Bonchev–Trinajstić information content (AvgIpc) is 2.61. The summed E-state index contributed by atoms with van der Waals surface area (Å²) in [6.07, 6.45) is 0. The maximum Gasteiger partial charge on any atom is 0.248 e. The summed E-state index contributed by atoms with van der Waals surface area (Å²) in [4.78, 5) is 11.8. The summed E-state index contributed by atoms with van der Waals surface area (Å²) in [6.45, 7) is 4.05. The van der Waals surface area contributed by atoms with Gasteiger partial charge in [0.05, 0.1) is 5.75 Å². The van der Waals surface area contributed by atoms with Gasteiger partial charge < -0.3 is 0 Å². The molecule has 1 N–H and O–H groups in total. The van der Waals surface area contributed by atoms with Crippen molar-refractivity contribution < 1.29 is 4.79 Å². The van der Waals surface area contributed by atoms with Crippen LogP contribution in [0.15, 0.2) is 24.3 Å². The van der Waals surface area contributed by atoms with E-state index in [0.29, 0.717) is 10.8 Å². The third kappa shape index (κ3) is 2.94. The van der Waals surface area contributed by atoms with E-state index in [2.05, 4.69) is 5.43 Å². The van der Waals surface area contributed by atoms with E-state index in [1.54, 1.807) is 16.8 Å². The van der Waals surface area contributed by atoms with Crippen molar-refractivity contribution in [2.45, 2.75) is 25.3 Å². The summed E-state index contributed by atoms with van der Waals surface area (Å²) in [5, 5.41) is 2.48. The van der Waals surface area contributed by atoms with Gasteiger partial charge in [0.25, 0.3) is 0 Å². The number of thioether (sulfide) groups is 1. The normalized spacial score (nSPS) is 20.4. The number of hydrogen-bond donors (Lipinski definition) is 1. The summed E-state index contributed by atoms with van der Waals surface area (Å²) in [7, 11) is 0. The molecule has 1 amide bonds. The first-order valence-corrected chi connectivity index (χ1v) is 6.96. The summed E-state index contributed by atoms with van der Waals surface area (Å²) < 4.78 is 0. The van der Waals surface area contributed by atoms with Crippen LogP contribution < -0.4 is 5.43 Å². The Balaban J connectivity index is 2.19. The molecule has 3 nitrogen and oxygen atoms in total. The van der Waals surface area contributed by atoms with Crippen LogP contribution in [0.3, 0.4) is 0 Å². The molecule has 0 aromatic heterocycles. The highest BCUT2D eigenvalue weighted by molar-refractivity contribution is 8.00. The largest absolute Gasteiger partial charge is 0.272 e. The van der Waals surface area contributed by atoms with Gasteiger partial charge in [0.15, 0.2) is 0 Å². The maximum absolute atomic E-state index is 11.8. The van der Waals surface area contributed by atoms with Gasteiger partial charge in [-0.3, -0.25) is 9.80 Å². The number of amides is 1. The molecule has 17 heavy (non-hydrogen) atoms. The third-order valence-corrected chi connectivity index (χ3v) is 3.88. The summed E-state index contributed by atoms with van der Waals surface area (Å²) >= 11 is 7.50. The molecule has 2 rings (SSSR count). The molecule has 1 aromatic rings. The van der Waals surface area contributed by atoms with E-state index in [9.17, 15) is 4.79 Å². The van der Waals surface area contributed by atoms with Gasteiger partial charge in [-0.15, -0.1) is 11.8 Å². The third-order valence-electron chi connectivity index (χ3n) is 2.42. The lowest BCUT2D eigenvalue weighted by atomic mass is 10.2. The molecule has 1 aliphatic rings. The van der Waals surface area contributed by atoms with Gasteiger partial charge >= 0.3 is 0 Å². The topological polar surface area (TPSA) is 32.3 Å². The molecule has 92 valence electrons. The van der Waals surface area contributed by atoms with E-state index < -0.39 is 0 Å². The summed E-state index contributed by atoms with van der Waals surface area (Å²) in [5.74, 6) is 0.649. The molecular weight excluding hydrogens is 256 g/mol. The number of nitrogens with one attached hydrogen (secondary N) is 1. The quantitative estimate of drug-likeness (QED) is 0.917. The smallest absolute Gasteiger partial charge is 0.248 e. The van der Waals surface area contributed by atoms with E-state index in [1.165, 1.54) is 0 Å². The number of hydrogen-bond acceptors (Lipinski definition) is 3. The van der Waals surface area contributed by atoms with Crippen LogP contribution in [0.2, 0.25) is 5.02 Å². The molecule has 1 atom stereocenters. The number of carbonyl (C=O) groups is 1. The highest BCUT2D eigenvalue weighted by Crippen LogP contribution is 2.37. The van der Waals surface area contributed by atoms with Crippen molar-refractivity contribution in [3.8, 4) is 0 Å². The van der Waals surface area contributed by atoms with E-state index >= 15 is 0 Å². The molecule has 0 aliphatic carbocycles. The van der Waals surface area contributed by atoms with Crippen molar-refractivity contribution >= 4 is 29.3 Å². The number of halogens is 1. The SMILES string of the molecule is CC(C)NN1C(=O)CSC1c1ccc(Cl)cc1. The predicted molar refractivity (Wildman–Crippen MR) is 71.8 cm³/mol. The van der Waals surface area contributed by atoms with Crippen molar-refractivity contribution in [1.29, 1.82) is 0 Å². The van der Waals surface area contributed by atoms with Gasteiger partial charge in [-0.05, 0) is 31.5 Å². The number of carbonyl (C=O) groups excluding carboxylic acids is 1. The number of hydrazine groups is 1. The summed E-state index contributed by atoms with van der Waals surface area (Å²) in [5.41, 5.74) is 4.28. The first kappa shape index (κ1) is 12.7. The van der Waals surface area contributed by atoms with Gasteiger partial charge in [-0.25, -0.2) is 5.43 Å². The summed E-state index contributed by atoms with van der Waals surface area (Å²) in [6, 6.07) is 7.88. The van der Waals surface area contributed by atoms with Crippen LogP contribution in [0.25, 0.3) is 0 Å². The molecular formula is C12H15ClN2OS. The highest BCUT2D eigenvalue weighted by Gasteiger charge is 2.33. The Kier molecular flexibility index (Phi) is 3.97. The van der Waals surface area contributed by atoms with Gasteiger partial charge in [-0.1, -0.05) is 23.7 Å². The zero-order valence-electron chi connectivity index (χ0n) is 9.81. The molecule has 1 fully saturated rings. The zero-order valence-corrected chi connectivity index (χ0v) is 11.4. The standard InChI is InChI=1S/C12H15ClN2OS/c1-8(2)14-15-11(16)7-17-12(15)9-3-5-10(13)6-4-9/h3-6,8,12,14H,7H2,1-2H3. The fourth-order valence-corrected chi connectivity index (χ4v) is 2.96. The van der Waals surface area contributed by atoms with Crippen molar-refractivity contribution in [2.24, 2.45) is 0 Å². The molecule has 1 saturated heterocycles. The number of nitrogens with zero attached hydrogens (tertiary/aromatic N) is 1. The fraction of sp³-hybridized carbons (Fsp3) is 0.417. The second-order valence-electron chi connectivity index (χ2n) is 4.26. The van der Waals surface area contributed by atoms with Crippen LogP contribution >= 0.6 is 23.4 Å². The Morgan fingerprint density at radius 1 is 1.41 bits per heavy atom. The van der Waals surface area contributed by atoms with Crippen LogP contribution in [0.5, 0.6) is 0 Å². The lowest BCUT2D eigenvalue weighted by molar-refractivity contribution is -0.131. The van der Waals surface area contributed by atoms with Gasteiger partial charge in [0.2, 0.25) is 5.91 Å². The molecule has 0 spiro atoms. The molecule has 5 heteroatoms. The molecule has 1 aliphatic heterocycles. The Morgan fingerprint density at radius 3 is 2.65 bits per heavy atom. The Labute approximate surface area is 110 Å². The van der Waals surface area contributed by atoms with Gasteiger partial charge in [0.1, 0.15) is 5.37 Å². The molecule has 0 saturated carbocycles. The van der Waals surface area contributed by atoms with Crippen molar-refractivity contribution in [2.75, 3.05) is 5.75 Å². The Hall–Kier alpha value is -0.710. The molecule has 1 aromatic carbocycles. The number of rotatable bonds is 3. The highest BCUT2D eigenvalue weighted by atomic mass is 35.5. The van der Waals surface area contributed by atoms with Crippen LogP contribution in [-0.4, -0.2) is 22.7 Å². The van der Waals surface area contributed by atoms with E-state index in [0.717, 1.165) is 5.56 Å². The average molecular weight is 271 g/mol. The first-order valence-electron chi connectivity index (χ1n) is 5.53. The monoisotopic (exact) mass is 270 g/mol. The molecule has 1 unspecified atom stereocenters. The lowest BCUT2D eigenvalue weighted by Crippen LogP contribution is -2.44. The second-order valence-corrected chi connectivity index (χ2v) is 5.77. The second kappa shape index (κ2) is 5.29. The van der Waals surface area contributed by atoms with Crippen LogP contribution in [0.4, 0.5) is 0 Å². The van der Waals surface area contributed by atoms with E-state index in [1.807, 2.05) is 38.1 Å². The lowest BCUT2D eigenvalue weighted by Gasteiger charge is -2.26. The number of benzene rings is 1. The Bertz CT molecular complexity index is 407. The van der Waals surface area contributed by atoms with Crippen molar-refractivity contribution in [1.82, 2.24) is 10.4 Å². The maximum atomic E-state index is 11.8. The van der Waals surface area contributed by atoms with Crippen molar-refractivity contribution in [3.05, 3.63) is 34.9 Å². The zero-order chi connectivity index (χ0) is 12.4. The Morgan fingerprint density at radius 2 is 2.06 bits per heavy atom. The van der Waals surface area contributed by atoms with Crippen LogP contribution in [-0.2, 0) is 4.79 Å². The van der Waals surface area contributed by atoms with Gasteiger partial charge in [-0.2, -0.15) is 0 Å². The van der Waals surface area contributed by atoms with E-state index in [4.69, 9.17) is 11.6 Å².